The average Bonchev–Trinajstić information content (AvgIpc) is 2.66. The highest BCUT2D eigenvalue weighted by molar-refractivity contribution is 6.52. The number of benzene rings is 2. The molecule has 5 heteroatoms. The van der Waals surface area contributed by atoms with E-state index in [0.717, 1.165) is 11.6 Å². The van der Waals surface area contributed by atoms with Crippen LogP contribution in [-0.4, -0.2) is 11.7 Å². The van der Waals surface area contributed by atoms with Crippen LogP contribution in [0.5, 0.6) is 0 Å². The number of hydrogen-bond acceptors (Lipinski definition) is 2. The van der Waals surface area contributed by atoms with Crippen molar-refractivity contribution >= 4 is 29.0 Å². The number of hydrogen-bond donors (Lipinski definition) is 0. The number of halogens is 2. The van der Waals surface area contributed by atoms with Gasteiger partial charge in [0.2, 0.25) is 0 Å². The van der Waals surface area contributed by atoms with Gasteiger partial charge in [0.25, 0.3) is 11.7 Å². The minimum atomic E-state index is -0.662. The van der Waals surface area contributed by atoms with E-state index in [1.807, 2.05) is 30.3 Å². The van der Waals surface area contributed by atoms with E-state index in [1.54, 1.807) is 0 Å². The minimum Gasteiger partial charge on any atom is -0.300 e. The topological polar surface area (TPSA) is 37.4 Å². The molecule has 0 aliphatic carbocycles. The number of amides is 1. The van der Waals surface area contributed by atoms with Gasteiger partial charge in [-0.05, 0) is 17.7 Å². The first-order valence-electron chi connectivity index (χ1n) is 5.97. The van der Waals surface area contributed by atoms with E-state index in [1.165, 1.54) is 11.0 Å². The van der Waals surface area contributed by atoms with E-state index in [0.29, 0.717) is 0 Å². The third-order valence-corrected chi connectivity index (χ3v) is 3.49. The van der Waals surface area contributed by atoms with Crippen LogP contribution in [0.2, 0.25) is 5.02 Å². The lowest BCUT2D eigenvalue weighted by Crippen LogP contribution is -2.29. The van der Waals surface area contributed by atoms with Gasteiger partial charge in [-0.2, -0.15) is 0 Å². The molecule has 0 fully saturated rings. The molecule has 0 saturated heterocycles. The zero-order valence-corrected chi connectivity index (χ0v) is 11.0. The highest BCUT2D eigenvalue weighted by Gasteiger charge is 2.36. The first kappa shape index (κ1) is 12.8. The van der Waals surface area contributed by atoms with E-state index in [4.69, 9.17) is 11.6 Å². The normalized spacial score (nSPS) is 13.8. The van der Waals surface area contributed by atoms with Crippen LogP contribution < -0.4 is 4.90 Å². The van der Waals surface area contributed by atoms with Crippen molar-refractivity contribution in [2.75, 3.05) is 4.90 Å². The van der Waals surface area contributed by atoms with Crippen LogP contribution >= 0.6 is 11.6 Å². The molecule has 0 bridgehead atoms. The number of anilines is 1. The quantitative estimate of drug-likeness (QED) is 0.796. The second kappa shape index (κ2) is 4.72. The van der Waals surface area contributed by atoms with E-state index in [-0.39, 0.29) is 22.8 Å². The van der Waals surface area contributed by atoms with Crippen molar-refractivity contribution in [3.05, 3.63) is 64.4 Å². The molecule has 0 radical (unpaired) electrons. The highest BCUT2D eigenvalue weighted by Crippen LogP contribution is 2.34. The zero-order valence-electron chi connectivity index (χ0n) is 10.3. The highest BCUT2D eigenvalue weighted by atomic mass is 35.5. The van der Waals surface area contributed by atoms with E-state index in [2.05, 4.69) is 0 Å². The molecule has 1 heterocycles. The fourth-order valence-corrected chi connectivity index (χ4v) is 2.38. The molecule has 20 heavy (non-hydrogen) atoms. The van der Waals surface area contributed by atoms with Crippen molar-refractivity contribution in [1.82, 2.24) is 0 Å². The molecular formula is C15H9ClFNO2. The Balaban J connectivity index is 2.04. The van der Waals surface area contributed by atoms with Crippen molar-refractivity contribution in [1.29, 1.82) is 0 Å². The molecule has 0 unspecified atom stereocenters. The summed E-state index contributed by atoms with van der Waals surface area (Å²) in [5.74, 6) is -1.96. The van der Waals surface area contributed by atoms with E-state index < -0.39 is 17.5 Å². The van der Waals surface area contributed by atoms with Gasteiger partial charge in [-0.3, -0.25) is 9.59 Å². The fourth-order valence-electron chi connectivity index (χ4n) is 2.21. The Morgan fingerprint density at radius 1 is 1.10 bits per heavy atom. The number of rotatable bonds is 2. The summed E-state index contributed by atoms with van der Waals surface area (Å²) in [7, 11) is 0. The molecule has 0 aromatic heterocycles. The molecule has 0 atom stereocenters. The first-order chi connectivity index (χ1) is 9.58. The van der Waals surface area contributed by atoms with Crippen LogP contribution in [0.15, 0.2) is 42.5 Å². The summed E-state index contributed by atoms with van der Waals surface area (Å²) in [6.07, 6.45) is 0. The molecule has 2 aromatic carbocycles. The Bertz CT molecular complexity index is 715. The van der Waals surface area contributed by atoms with Crippen molar-refractivity contribution in [2.24, 2.45) is 0 Å². The molecule has 100 valence electrons. The summed E-state index contributed by atoms with van der Waals surface area (Å²) >= 11 is 5.66. The summed E-state index contributed by atoms with van der Waals surface area (Å²) in [5.41, 5.74) is 1.28. The average molecular weight is 290 g/mol. The SMILES string of the molecule is O=C1C(=O)N(Cc2ccccc2)c2cc(F)c(Cl)cc21. The number of fused-ring (bicyclic) bond motifs is 1. The van der Waals surface area contributed by atoms with Gasteiger partial charge in [-0.15, -0.1) is 0 Å². The summed E-state index contributed by atoms with van der Waals surface area (Å²) in [6, 6.07) is 11.5. The molecule has 1 aliphatic rings. The minimum absolute atomic E-state index is 0.150. The maximum Gasteiger partial charge on any atom is 0.299 e. The Kier molecular flexibility index (Phi) is 3.03. The van der Waals surface area contributed by atoms with Crippen molar-refractivity contribution in [2.45, 2.75) is 6.54 Å². The first-order valence-corrected chi connectivity index (χ1v) is 6.35. The molecule has 3 rings (SSSR count). The maximum absolute atomic E-state index is 13.6. The van der Waals surface area contributed by atoms with Gasteiger partial charge in [0.05, 0.1) is 22.8 Å². The molecule has 2 aromatic rings. The molecule has 0 spiro atoms. The van der Waals surface area contributed by atoms with Crippen LogP contribution in [0, 0.1) is 5.82 Å². The Hall–Kier alpha value is -2.20. The third-order valence-electron chi connectivity index (χ3n) is 3.20. The lowest BCUT2D eigenvalue weighted by atomic mass is 10.1. The van der Waals surface area contributed by atoms with Gasteiger partial charge in [0.15, 0.2) is 0 Å². The lowest BCUT2D eigenvalue weighted by molar-refractivity contribution is -0.114. The monoisotopic (exact) mass is 289 g/mol. The van der Waals surface area contributed by atoms with Crippen LogP contribution in [0.3, 0.4) is 0 Å². The predicted octanol–water partition coefficient (Wildman–Crippen LogP) is 3.21. The molecule has 0 saturated carbocycles. The number of Topliss-reactive ketones (excluding diaryl/α,β-unsaturated/α-hetero) is 1. The molecule has 1 amide bonds. The zero-order chi connectivity index (χ0) is 14.3. The fraction of sp³-hybridized carbons (Fsp3) is 0.0667. The second-order valence-corrected chi connectivity index (χ2v) is 4.90. The van der Waals surface area contributed by atoms with Crippen molar-refractivity contribution < 1.29 is 14.0 Å². The summed E-state index contributed by atoms with van der Waals surface area (Å²) in [6.45, 7) is 0.222. The van der Waals surface area contributed by atoms with E-state index in [9.17, 15) is 14.0 Å². The van der Waals surface area contributed by atoms with Gasteiger partial charge in [0.1, 0.15) is 5.82 Å². The smallest absolute Gasteiger partial charge is 0.299 e. The Morgan fingerprint density at radius 2 is 1.80 bits per heavy atom. The van der Waals surface area contributed by atoms with Gasteiger partial charge in [-0.25, -0.2) is 4.39 Å². The molecule has 0 N–H and O–H groups in total. The predicted molar refractivity (Wildman–Crippen MR) is 73.4 cm³/mol. The van der Waals surface area contributed by atoms with Gasteiger partial charge < -0.3 is 4.90 Å². The van der Waals surface area contributed by atoms with Crippen LogP contribution in [0.1, 0.15) is 15.9 Å². The number of carbonyl (C=O) groups is 2. The van der Waals surface area contributed by atoms with Gasteiger partial charge >= 0.3 is 0 Å². The van der Waals surface area contributed by atoms with Crippen LogP contribution in [0.25, 0.3) is 0 Å². The van der Waals surface area contributed by atoms with Crippen LogP contribution in [0.4, 0.5) is 10.1 Å². The van der Waals surface area contributed by atoms with Gasteiger partial charge in [-0.1, -0.05) is 41.9 Å². The molecule has 1 aliphatic heterocycles. The summed E-state index contributed by atoms with van der Waals surface area (Å²) < 4.78 is 13.6. The van der Waals surface area contributed by atoms with Crippen LogP contribution in [-0.2, 0) is 11.3 Å². The number of ketones is 1. The van der Waals surface area contributed by atoms with Gasteiger partial charge in [0, 0.05) is 0 Å². The molecular weight excluding hydrogens is 281 g/mol. The third kappa shape index (κ3) is 1.98. The summed E-state index contributed by atoms with van der Waals surface area (Å²) in [4.78, 5) is 25.2. The van der Waals surface area contributed by atoms with Crippen molar-refractivity contribution in [3.63, 3.8) is 0 Å². The Labute approximate surface area is 119 Å². The standard InChI is InChI=1S/C15H9ClFNO2/c16-11-6-10-13(7-12(11)17)18(15(20)14(10)19)8-9-4-2-1-3-5-9/h1-7H,8H2. The number of carbonyl (C=O) groups excluding carboxylic acids is 2. The van der Waals surface area contributed by atoms with E-state index >= 15 is 0 Å². The summed E-state index contributed by atoms with van der Waals surface area (Å²) in [5, 5.41) is -0.161. The maximum atomic E-state index is 13.6. The second-order valence-electron chi connectivity index (χ2n) is 4.49. The molecule has 3 nitrogen and oxygen atoms in total. The lowest BCUT2D eigenvalue weighted by Gasteiger charge is -2.16. The largest absolute Gasteiger partial charge is 0.300 e. The van der Waals surface area contributed by atoms with Crippen molar-refractivity contribution in [3.8, 4) is 0 Å². The number of nitrogens with zero attached hydrogens (tertiary/aromatic N) is 1. The Morgan fingerprint density at radius 3 is 2.50 bits per heavy atom.